The molecule has 1 saturated heterocycles. The first-order valence-electron chi connectivity index (χ1n) is 18.0. The van der Waals surface area contributed by atoms with E-state index >= 15 is 0 Å². The summed E-state index contributed by atoms with van der Waals surface area (Å²) in [6, 6.07) is 0. The fraction of sp³-hybridized carbons (Fsp3) is 0.795. The van der Waals surface area contributed by atoms with Crippen molar-refractivity contribution < 1.29 is 9.84 Å². The summed E-state index contributed by atoms with van der Waals surface area (Å²) < 4.78 is 6.12. The maximum Gasteiger partial charge on any atom is 0.0719 e. The first-order chi connectivity index (χ1) is 20.3. The van der Waals surface area contributed by atoms with E-state index in [2.05, 4.69) is 63.0 Å². The Bertz CT molecular complexity index is 1340. The van der Waals surface area contributed by atoms with Crippen molar-refractivity contribution in [1.29, 1.82) is 0 Å². The molecule has 0 aromatic rings. The maximum atomic E-state index is 9.79. The molecule has 5 spiro atoms. The smallest absolute Gasteiger partial charge is 0.0719 e. The Kier molecular flexibility index (Phi) is 5.40. The molecule has 3 heterocycles. The van der Waals surface area contributed by atoms with Crippen LogP contribution in [0.5, 0.6) is 0 Å². The number of hydrogen-bond donors (Lipinski definition) is 1. The first-order valence-corrected chi connectivity index (χ1v) is 18.0. The van der Waals surface area contributed by atoms with Crippen molar-refractivity contribution in [3.05, 3.63) is 47.1 Å². The molecule has 0 amide bonds. The molecule has 10 rings (SSSR count). The lowest BCUT2D eigenvalue weighted by Gasteiger charge is -2.74. The average molecular weight is 570 g/mol. The Balaban J connectivity index is 1.31. The van der Waals surface area contributed by atoms with Crippen LogP contribution in [0.3, 0.4) is 0 Å². The van der Waals surface area contributed by atoms with Crippen LogP contribution in [0.15, 0.2) is 47.1 Å². The highest BCUT2D eigenvalue weighted by molar-refractivity contribution is 5.63. The Morgan fingerprint density at radius 3 is 2.79 bits per heavy atom. The monoisotopic (exact) mass is 569 g/mol. The van der Waals surface area contributed by atoms with Crippen LogP contribution in [-0.2, 0) is 4.74 Å². The van der Waals surface area contributed by atoms with Crippen molar-refractivity contribution in [3.8, 4) is 0 Å². The van der Waals surface area contributed by atoms with Crippen LogP contribution in [-0.4, -0.2) is 47.4 Å². The zero-order valence-electron chi connectivity index (χ0n) is 26.9. The lowest BCUT2D eigenvalue weighted by molar-refractivity contribution is -0.233. The van der Waals surface area contributed by atoms with E-state index in [0.29, 0.717) is 28.9 Å². The number of nitrogens with zero attached hydrogens (tertiary/aromatic N) is 1. The van der Waals surface area contributed by atoms with Gasteiger partial charge in [-0.05, 0) is 125 Å². The zero-order valence-corrected chi connectivity index (χ0v) is 26.9. The van der Waals surface area contributed by atoms with Gasteiger partial charge >= 0.3 is 0 Å². The summed E-state index contributed by atoms with van der Waals surface area (Å²) in [5.74, 6) is 2.19. The fourth-order valence-electron chi connectivity index (χ4n) is 15.6. The lowest BCUT2D eigenvalue weighted by Crippen LogP contribution is -2.74. The molecule has 228 valence electrons. The molecule has 4 saturated carbocycles. The van der Waals surface area contributed by atoms with Crippen molar-refractivity contribution in [2.45, 2.75) is 122 Å². The van der Waals surface area contributed by atoms with Gasteiger partial charge in [0, 0.05) is 48.1 Å². The Labute approximate surface area is 254 Å². The minimum absolute atomic E-state index is 0.0152. The number of allylic oxidation sites excluding steroid dienone is 3. The summed E-state index contributed by atoms with van der Waals surface area (Å²) in [5, 5.41) is 9.79. The van der Waals surface area contributed by atoms with E-state index < -0.39 is 0 Å². The van der Waals surface area contributed by atoms with Crippen LogP contribution >= 0.6 is 0 Å². The summed E-state index contributed by atoms with van der Waals surface area (Å²) in [7, 11) is 0. The third-order valence-corrected chi connectivity index (χ3v) is 16.8. The predicted molar refractivity (Wildman–Crippen MR) is 169 cm³/mol. The van der Waals surface area contributed by atoms with E-state index in [4.69, 9.17) is 4.74 Å². The Morgan fingerprint density at radius 2 is 1.95 bits per heavy atom. The van der Waals surface area contributed by atoms with E-state index in [1.54, 1.807) is 11.1 Å². The van der Waals surface area contributed by atoms with Crippen molar-refractivity contribution in [1.82, 2.24) is 4.90 Å². The Hall–Kier alpha value is -1.16. The topological polar surface area (TPSA) is 32.5 Å². The highest BCUT2D eigenvalue weighted by atomic mass is 16.5. The highest BCUT2D eigenvalue weighted by Gasteiger charge is 2.89. The third-order valence-electron chi connectivity index (χ3n) is 16.8. The van der Waals surface area contributed by atoms with Crippen LogP contribution in [0.25, 0.3) is 0 Å². The van der Waals surface area contributed by atoms with Crippen molar-refractivity contribution in [2.24, 2.45) is 44.8 Å². The number of aliphatic hydroxyl groups excluding tert-OH is 1. The van der Waals surface area contributed by atoms with Crippen LogP contribution in [0.2, 0.25) is 0 Å². The summed E-state index contributed by atoms with van der Waals surface area (Å²) in [5.41, 5.74) is 7.06. The number of aliphatic hydroxyl groups is 1. The second-order valence-corrected chi connectivity index (χ2v) is 16.9. The summed E-state index contributed by atoms with van der Waals surface area (Å²) >= 11 is 0. The highest BCUT2D eigenvalue weighted by Crippen LogP contribution is 2.91. The first kappa shape index (κ1) is 27.2. The van der Waals surface area contributed by atoms with Gasteiger partial charge in [-0.2, -0.15) is 0 Å². The van der Waals surface area contributed by atoms with E-state index in [-0.39, 0.29) is 21.8 Å². The minimum atomic E-state index is 0.0152. The molecule has 5 fully saturated rings. The standard InChI is InChI=1S/C39H55NO2/c1-5-42-23-14-30-8-6-15-35(30)24-28(3)37-19-10-27(2)32(37)25-39(35)33(37,4)16-11-31-12-17-34-20-21-38(31,39)40-26-36(34,40)18-13-29(34)9-7-22-41/h11-12,17,20-21,28-30,41H,5-10,13-16,18-19,22-26H2,1-4H3. The van der Waals surface area contributed by atoms with Crippen molar-refractivity contribution in [2.75, 3.05) is 26.4 Å². The van der Waals surface area contributed by atoms with Gasteiger partial charge in [-0.1, -0.05) is 61.8 Å². The van der Waals surface area contributed by atoms with Crippen LogP contribution in [0, 0.1) is 44.8 Å². The predicted octanol–water partition coefficient (Wildman–Crippen LogP) is 8.16. The molecule has 3 aliphatic heterocycles. The van der Waals surface area contributed by atoms with Gasteiger partial charge in [0.15, 0.2) is 0 Å². The molecule has 0 radical (unpaired) electrons. The lowest BCUT2D eigenvalue weighted by atomic mass is 9.31. The molecule has 7 aliphatic carbocycles. The van der Waals surface area contributed by atoms with Gasteiger partial charge in [-0.25, -0.2) is 0 Å². The fourth-order valence-corrected chi connectivity index (χ4v) is 15.6. The van der Waals surface area contributed by atoms with E-state index in [9.17, 15) is 5.11 Å². The average Bonchev–Trinajstić information content (AvgIpc) is 3.34. The molecule has 42 heavy (non-hydrogen) atoms. The van der Waals surface area contributed by atoms with Gasteiger partial charge in [0.05, 0.1) is 5.54 Å². The minimum Gasteiger partial charge on any atom is -0.396 e. The largest absolute Gasteiger partial charge is 0.396 e. The molecule has 0 aromatic carbocycles. The SMILES string of the molecule is CCOCCC1CCCC12CC(C)C13CCC(C)=C1CC21C24C=CC5(C=CC2=CCC31C)C(CCCO)CCC51CN14. The van der Waals surface area contributed by atoms with Gasteiger partial charge < -0.3 is 9.84 Å². The number of hydrogen-bond acceptors (Lipinski definition) is 3. The summed E-state index contributed by atoms with van der Waals surface area (Å²) in [4.78, 5) is 3.16. The van der Waals surface area contributed by atoms with Crippen molar-refractivity contribution in [3.63, 3.8) is 0 Å². The van der Waals surface area contributed by atoms with Gasteiger partial charge in [0.2, 0.25) is 0 Å². The zero-order chi connectivity index (χ0) is 28.8. The Morgan fingerprint density at radius 1 is 1.07 bits per heavy atom. The molecule has 0 aromatic heterocycles. The van der Waals surface area contributed by atoms with Crippen LogP contribution in [0.4, 0.5) is 0 Å². The summed E-state index contributed by atoms with van der Waals surface area (Å²) in [6.07, 6.45) is 30.8. The summed E-state index contributed by atoms with van der Waals surface area (Å²) in [6.45, 7) is 13.6. The molecule has 3 heteroatoms. The third kappa shape index (κ3) is 2.48. The second kappa shape index (κ2) is 8.35. The molecule has 3 nitrogen and oxygen atoms in total. The second-order valence-electron chi connectivity index (χ2n) is 16.9. The van der Waals surface area contributed by atoms with Crippen molar-refractivity contribution >= 4 is 0 Å². The van der Waals surface area contributed by atoms with Gasteiger partial charge in [-0.15, -0.1) is 0 Å². The molecular formula is C39H55NO2. The molecule has 1 N–H and O–H groups in total. The molecule has 11 unspecified atom stereocenters. The quantitative estimate of drug-likeness (QED) is 0.191. The van der Waals surface area contributed by atoms with E-state index in [0.717, 1.165) is 37.9 Å². The molecule has 4 bridgehead atoms. The van der Waals surface area contributed by atoms with E-state index in [1.807, 2.05) is 5.57 Å². The molecular weight excluding hydrogens is 514 g/mol. The van der Waals surface area contributed by atoms with Crippen LogP contribution in [0.1, 0.15) is 111 Å². The van der Waals surface area contributed by atoms with Gasteiger partial charge in [0.1, 0.15) is 0 Å². The number of rotatable bonds is 7. The van der Waals surface area contributed by atoms with Gasteiger partial charge in [-0.3, -0.25) is 4.90 Å². The molecule has 11 atom stereocenters. The normalized spacial score (nSPS) is 55.4. The van der Waals surface area contributed by atoms with Crippen LogP contribution < -0.4 is 0 Å². The van der Waals surface area contributed by atoms with E-state index in [1.165, 1.54) is 77.2 Å². The van der Waals surface area contributed by atoms with Gasteiger partial charge in [0.25, 0.3) is 0 Å². The maximum absolute atomic E-state index is 9.79. The number of ether oxygens (including phenoxy) is 1. The molecule has 10 aliphatic rings.